The van der Waals surface area contributed by atoms with Gasteiger partial charge in [0.15, 0.2) is 5.96 Å². The first-order valence-electron chi connectivity index (χ1n) is 8.04. The molecule has 0 atom stereocenters. The lowest BCUT2D eigenvalue weighted by Gasteiger charge is -2.19. The predicted molar refractivity (Wildman–Crippen MR) is 91.1 cm³/mol. The molecule has 1 aromatic carbocycles. The van der Waals surface area contributed by atoms with Crippen LogP contribution in [0.15, 0.2) is 53.8 Å². The lowest BCUT2D eigenvalue weighted by Crippen LogP contribution is -2.42. The molecule has 2 N–H and O–H groups in total. The van der Waals surface area contributed by atoms with Crippen LogP contribution in [0.25, 0.3) is 0 Å². The molecular weight excluding hydrogens is 291 g/mol. The van der Waals surface area contributed by atoms with Crippen molar-refractivity contribution in [1.29, 1.82) is 0 Å². The Morgan fingerprint density at radius 3 is 2.57 bits per heavy atom. The lowest BCUT2D eigenvalue weighted by atomic mass is 9.95. The van der Waals surface area contributed by atoms with Gasteiger partial charge in [-0.15, -0.1) is 0 Å². The second-order valence-electron chi connectivity index (χ2n) is 6.03. The third-order valence-electron chi connectivity index (χ3n) is 4.45. The topological polar surface area (TPSA) is 41.4 Å². The van der Waals surface area contributed by atoms with E-state index in [0.29, 0.717) is 6.54 Å². The van der Waals surface area contributed by atoms with Crippen LogP contribution < -0.4 is 10.6 Å². The normalized spacial score (nSPS) is 16.2. The Balaban J connectivity index is 1.51. The molecule has 23 heavy (non-hydrogen) atoms. The van der Waals surface area contributed by atoms with E-state index >= 15 is 0 Å². The maximum atomic E-state index is 14.0. The van der Waals surface area contributed by atoms with Crippen molar-refractivity contribution in [2.45, 2.75) is 24.8 Å². The molecule has 0 radical (unpaired) electrons. The molecule has 0 spiro atoms. The highest BCUT2D eigenvalue weighted by atomic mass is 19.1. The zero-order valence-electron chi connectivity index (χ0n) is 13.4. The average Bonchev–Trinajstić information content (AvgIpc) is 3.17. The summed E-state index contributed by atoms with van der Waals surface area (Å²) in [6.07, 6.45) is 6.10. The van der Waals surface area contributed by atoms with Gasteiger partial charge in [0.2, 0.25) is 0 Å². The van der Waals surface area contributed by atoms with Crippen molar-refractivity contribution < 1.29 is 4.39 Å². The molecular formula is C18H23FN4. The van der Waals surface area contributed by atoms with Crippen LogP contribution in [0.2, 0.25) is 0 Å². The Morgan fingerprint density at radius 1 is 1.17 bits per heavy atom. The number of aliphatic imine (C=N–C) groups is 1. The van der Waals surface area contributed by atoms with E-state index < -0.39 is 0 Å². The fourth-order valence-electron chi connectivity index (χ4n) is 2.88. The standard InChI is InChI=1S/C18H23FN4/c1-20-17(21-10-13-23-11-4-5-12-23)22-14-18(8-9-18)15-6-2-3-7-16(15)19/h2-7,11-12H,8-10,13-14H2,1H3,(H2,20,21,22). The summed E-state index contributed by atoms with van der Waals surface area (Å²) in [5, 5.41) is 6.64. The van der Waals surface area contributed by atoms with Gasteiger partial charge in [0.25, 0.3) is 0 Å². The quantitative estimate of drug-likeness (QED) is 0.635. The van der Waals surface area contributed by atoms with Crippen LogP contribution in [0.4, 0.5) is 4.39 Å². The number of nitrogens with zero attached hydrogens (tertiary/aromatic N) is 2. The average molecular weight is 314 g/mol. The number of guanidine groups is 1. The third-order valence-corrected chi connectivity index (χ3v) is 4.45. The molecule has 0 amide bonds. The number of benzene rings is 1. The van der Waals surface area contributed by atoms with Crippen molar-refractivity contribution in [3.05, 3.63) is 60.2 Å². The Kier molecular flexibility index (Phi) is 4.65. The van der Waals surface area contributed by atoms with Gasteiger partial charge in [-0.1, -0.05) is 18.2 Å². The van der Waals surface area contributed by atoms with Crippen LogP contribution >= 0.6 is 0 Å². The van der Waals surface area contributed by atoms with Crippen molar-refractivity contribution >= 4 is 5.96 Å². The minimum atomic E-state index is -0.109. The van der Waals surface area contributed by atoms with E-state index in [1.807, 2.05) is 36.7 Å². The van der Waals surface area contributed by atoms with Gasteiger partial charge < -0.3 is 15.2 Å². The fraction of sp³-hybridized carbons (Fsp3) is 0.389. The van der Waals surface area contributed by atoms with E-state index in [1.165, 1.54) is 0 Å². The van der Waals surface area contributed by atoms with E-state index in [-0.39, 0.29) is 11.2 Å². The molecule has 3 rings (SSSR count). The highest BCUT2D eigenvalue weighted by Gasteiger charge is 2.45. The third kappa shape index (κ3) is 3.73. The first kappa shape index (κ1) is 15.6. The van der Waals surface area contributed by atoms with Crippen molar-refractivity contribution in [1.82, 2.24) is 15.2 Å². The van der Waals surface area contributed by atoms with Crippen LogP contribution in [0, 0.1) is 5.82 Å². The first-order chi connectivity index (χ1) is 11.2. The molecule has 5 heteroatoms. The summed E-state index contributed by atoms with van der Waals surface area (Å²) in [5.74, 6) is 0.655. The van der Waals surface area contributed by atoms with Crippen LogP contribution in [0.3, 0.4) is 0 Å². The van der Waals surface area contributed by atoms with Crippen LogP contribution in [-0.2, 0) is 12.0 Å². The monoisotopic (exact) mass is 314 g/mol. The van der Waals surface area contributed by atoms with Gasteiger partial charge in [0.1, 0.15) is 5.82 Å². The SMILES string of the molecule is CN=C(NCCn1cccc1)NCC1(c2ccccc2F)CC1. The van der Waals surface area contributed by atoms with Crippen LogP contribution in [-0.4, -0.2) is 30.7 Å². The molecule has 1 aliphatic carbocycles. The molecule has 1 fully saturated rings. The molecule has 0 aliphatic heterocycles. The Hall–Kier alpha value is -2.30. The number of hydrogen-bond acceptors (Lipinski definition) is 1. The number of aromatic nitrogens is 1. The summed E-state index contributed by atoms with van der Waals surface area (Å²) < 4.78 is 16.1. The molecule has 1 saturated carbocycles. The summed E-state index contributed by atoms with van der Waals surface area (Å²) in [6, 6.07) is 11.1. The van der Waals surface area contributed by atoms with E-state index in [1.54, 1.807) is 19.2 Å². The van der Waals surface area contributed by atoms with Crippen molar-refractivity contribution in [2.24, 2.45) is 4.99 Å². The van der Waals surface area contributed by atoms with Gasteiger partial charge in [-0.2, -0.15) is 0 Å². The van der Waals surface area contributed by atoms with E-state index in [2.05, 4.69) is 20.2 Å². The molecule has 1 aromatic heterocycles. The highest BCUT2D eigenvalue weighted by Crippen LogP contribution is 2.48. The van der Waals surface area contributed by atoms with Gasteiger partial charge in [0.05, 0.1) is 0 Å². The van der Waals surface area contributed by atoms with Gasteiger partial charge in [0, 0.05) is 44.5 Å². The zero-order valence-corrected chi connectivity index (χ0v) is 13.4. The molecule has 1 heterocycles. The minimum absolute atomic E-state index is 0.0800. The first-order valence-corrected chi connectivity index (χ1v) is 8.04. The summed E-state index contributed by atoms with van der Waals surface area (Å²) in [4.78, 5) is 4.25. The molecule has 0 unspecified atom stereocenters. The zero-order chi connectivity index (χ0) is 16.1. The highest BCUT2D eigenvalue weighted by molar-refractivity contribution is 5.79. The number of hydrogen-bond donors (Lipinski definition) is 2. The Morgan fingerprint density at radius 2 is 1.91 bits per heavy atom. The second-order valence-corrected chi connectivity index (χ2v) is 6.03. The predicted octanol–water partition coefficient (Wildman–Crippen LogP) is 2.52. The van der Waals surface area contributed by atoms with E-state index in [4.69, 9.17) is 0 Å². The maximum absolute atomic E-state index is 14.0. The summed E-state index contributed by atoms with van der Waals surface area (Å²) in [7, 11) is 1.76. The Bertz CT molecular complexity index is 659. The molecule has 0 bridgehead atoms. The minimum Gasteiger partial charge on any atom is -0.356 e. The number of nitrogens with one attached hydrogen (secondary N) is 2. The van der Waals surface area contributed by atoms with Gasteiger partial charge >= 0.3 is 0 Å². The van der Waals surface area contributed by atoms with E-state index in [0.717, 1.165) is 37.5 Å². The number of rotatable bonds is 6. The molecule has 2 aromatic rings. The second kappa shape index (κ2) is 6.86. The van der Waals surface area contributed by atoms with E-state index in [9.17, 15) is 4.39 Å². The van der Waals surface area contributed by atoms with Crippen molar-refractivity contribution in [3.8, 4) is 0 Å². The smallest absolute Gasteiger partial charge is 0.191 e. The summed E-state index contributed by atoms with van der Waals surface area (Å²) >= 11 is 0. The van der Waals surface area contributed by atoms with Crippen molar-refractivity contribution in [2.75, 3.05) is 20.1 Å². The molecule has 122 valence electrons. The van der Waals surface area contributed by atoms with Gasteiger partial charge in [-0.25, -0.2) is 4.39 Å². The summed E-state index contributed by atoms with van der Waals surface area (Å²) in [5.41, 5.74) is 0.735. The molecule has 0 saturated heterocycles. The van der Waals surface area contributed by atoms with Crippen molar-refractivity contribution in [3.63, 3.8) is 0 Å². The Labute approximate surface area is 136 Å². The van der Waals surface area contributed by atoms with Crippen LogP contribution in [0.5, 0.6) is 0 Å². The largest absolute Gasteiger partial charge is 0.356 e. The fourth-order valence-corrected chi connectivity index (χ4v) is 2.88. The molecule has 4 nitrogen and oxygen atoms in total. The summed E-state index contributed by atoms with van der Waals surface area (Å²) in [6.45, 7) is 2.38. The van der Waals surface area contributed by atoms with Gasteiger partial charge in [-0.3, -0.25) is 4.99 Å². The van der Waals surface area contributed by atoms with Gasteiger partial charge in [-0.05, 0) is 36.6 Å². The maximum Gasteiger partial charge on any atom is 0.191 e. The van der Waals surface area contributed by atoms with Crippen LogP contribution in [0.1, 0.15) is 18.4 Å². The lowest BCUT2D eigenvalue weighted by molar-refractivity contribution is 0.558. The number of halogens is 1. The molecule has 1 aliphatic rings.